The summed E-state index contributed by atoms with van der Waals surface area (Å²) in [6.45, 7) is -0.932. The van der Waals surface area contributed by atoms with Gasteiger partial charge in [-0.1, -0.05) is 0 Å². The molecule has 0 aromatic rings. The van der Waals surface area contributed by atoms with Gasteiger partial charge < -0.3 is 15.3 Å². The van der Waals surface area contributed by atoms with Crippen molar-refractivity contribution in [2.24, 2.45) is 0 Å². The van der Waals surface area contributed by atoms with Gasteiger partial charge in [0.05, 0.1) is 19.7 Å². The fourth-order valence-electron chi connectivity index (χ4n) is 0.738. The van der Waals surface area contributed by atoms with Gasteiger partial charge in [0, 0.05) is 23.6 Å². The van der Waals surface area contributed by atoms with E-state index in [1.165, 1.54) is 0 Å². The number of carbonyl (C=O) groups is 2. The quantitative estimate of drug-likeness (QED) is 0.480. The van der Waals surface area contributed by atoms with Crippen LogP contribution in [0.4, 0.5) is 0 Å². The molecule has 0 aliphatic heterocycles. The van der Waals surface area contributed by atoms with Crippen molar-refractivity contribution in [2.75, 3.05) is 26.2 Å². The number of rotatable bonds is 6. The van der Waals surface area contributed by atoms with E-state index in [1.54, 1.807) is 0 Å². The zero-order valence-electron chi connectivity index (χ0n) is 6.79. The Hall–Kier alpha value is -0.621. The number of aliphatic carboxylic acids is 2. The van der Waals surface area contributed by atoms with Crippen molar-refractivity contribution in [1.29, 1.82) is 0 Å². The minimum atomic E-state index is -1.11. The van der Waals surface area contributed by atoms with Crippen LogP contribution in [0, 0.1) is 0 Å². The van der Waals surface area contributed by atoms with Gasteiger partial charge in [0.25, 0.3) is 0 Å². The minimum absolute atomic E-state index is 0. The molecule has 0 radical (unpaired) electrons. The van der Waals surface area contributed by atoms with Crippen molar-refractivity contribution in [3.8, 4) is 0 Å². The Balaban J connectivity index is 0. The van der Waals surface area contributed by atoms with E-state index >= 15 is 0 Å². The van der Waals surface area contributed by atoms with Gasteiger partial charge in [-0.2, -0.15) is 0 Å². The van der Waals surface area contributed by atoms with Crippen LogP contribution in [0.3, 0.4) is 0 Å². The zero-order valence-corrected chi connectivity index (χ0v) is 7.89. The second-order valence-corrected chi connectivity index (χ2v) is 2.22. The fourth-order valence-corrected chi connectivity index (χ4v) is 0.738. The van der Waals surface area contributed by atoms with Gasteiger partial charge in [-0.05, 0) is 0 Å². The molecule has 13 heavy (non-hydrogen) atoms. The summed E-state index contributed by atoms with van der Waals surface area (Å²) < 4.78 is 0. The van der Waals surface area contributed by atoms with Crippen LogP contribution in [0.1, 0.15) is 0 Å². The summed E-state index contributed by atoms with van der Waals surface area (Å²) in [5, 5.41) is 25.0. The number of aliphatic hydroxyl groups is 1. The van der Waals surface area contributed by atoms with E-state index < -0.39 is 11.9 Å². The predicted molar refractivity (Wildman–Crippen MR) is 38.8 cm³/mol. The third-order valence-corrected chi connectivity index (χ3v) is 1.13. The maximum absolute atomic E-state index is 10.1. The number of hydrogen-bond acceptors (Lipinski definition) is 4. The first-order chi connectivity index (χ1) is 5.56. The van der Waals surface area contributed by atoms with E-state index in [0.29, 0.717) is 0 Å². The van der Waals surface area contributed by atoms with Crippen LogP contribution in [0.15, 0.2) is 0 Å². The maximum atomic E-state index is 10.1. The van der Waals surface area contributed by atoms with Crippen LogP contribution in [-0.4, -0.2) is 58.4 Å². The molecule has 0 aromatic carbocycles. The summed E-state index contributed by atoms with van der Waals surface area (Å²) in [5.74, 6) is -2.21. The molecule has 0 saturated heterocycles. The number of carboxylic acid groups (broad SMARTS) is 2. The molecule has 7 heteroatoms. The molecule has 0 spiro atoms. The Morgan fingerprint density at radius 1 is 1.08 bits per heavy atom. The Morgan fingerprint density at radius 2 is 1.46 bits per heavy atom. The molecule has 0 atom stereocenters. The molecule has 0 unspecified atom stereocenters. The molecule has 6 nitrogen and oxygen atoms in total. The van der Waals surface area contributed by atoms with Crippen LogP contribution in [-0.2, 0) is 26.7 Å². The standard InChI is InChI=1S/C6H11NO5.Fe/c8-2-1-7(3-5(9)10)4-6(11)12;/h8H,1-4H2,(H,9,10)(H,11,12);. The van der Waals surface area contributed by atoms with E-state index in [9.17, 15) is 9.59 Å². The Kier molecular flexibility index (Phi) is 9.16. The van der Waals surface area contributed by atoms with Gasteiger partial charge in [-0.3, -0.25) is 14.5 Å². The van der Waals surface area contributed by atoms with Crippen molar-refractivity contribution in [2.45, 2.75) is 0 Å². The zero-order chi connectivity index (χ0) is 9.56. The topological polar surface area (TPSA) is 98.1 Å². The number of carboxylic acids is 2. The van der Waals surface area contributed by atoms with Crippen molar-refractivity contribution in [3.05, 3.63) is 0 Å². The first-order valence-corrected chi connectivity index (χ1v) is 3.33. The summed E-state index contributed by atoms with van der Waals surface area (Å²) in [4.78, 5) is 21.4. The monoisotopic (exact) mass is 233 g/mol. The minimum Gasteiger partial charge on any atom is -0.480 e. The molecule has 0 amide bonds. The molecular formula is C6H11FeNO5. The van der Waals surface area contributed by atoms with Crippen molar-refractivity contribution < 1.29 is 42.0 Å². The fraction of sp³-hybridized carbons (Fsp3) is 0.667. The van der Waals surface area contributed by atoms with Gasteiger partial charge in [0.1, 0.15) is 0 Å². The molecule has 0 rings (SSSR count). The first-order valence-electron chi connectivity index (χ1n) is 3.33. The van der Waals surface area contributed by atoms with Crippen LogP contribution in [0.5, 0.6) is 0 Å². The number of nitrogens with zero attached hydrogens (tertiary/aromatic N) is 1. The van der Waals surface area contributed by atoms with Crippen molar-refractivity contribution in [1.82, 2.24) is 4.90 Å². The molecule has 0 aliphatic carbocycles. The maximum Gasteiger partial charge on any atom is 0.317 e. The third kappa shape index (κ3) is 9.29. The summed E-state index contributed by atoms with van der Waals surface area (Å²) in [6.07, 6.45) is 0. The summed E-state index contributed by atoms with van der Waals surface area (Å²) >= 11 is 0. The van der Waals surface area contributed by atoms with E-state index in [4.69, 9.17) is 15.3 Å². The van der Waals surface area contributed by atoms with E-state index in [1.807, 2.05) is 0 Å². The summed E-state index contributed by atoms with van der Waals surface area (Å²) in [7, 11) is 0. The average molecular weight is 233 g/mol. The van der Waals surface area contributed by atoms with Crippen molar-refractivity contribution >= 4 is 11.9 Å². The van der Waals surface area contributed by atoms with Gasteiger partial charge in [-0.15, -0.1) is 0 Å². The first kappa shape index (κ1) is 14.9. The van der Waals surface area contributed by atoms with Gasteiger partial charge >= 0.3 is 11.9 Å². The van der Waals surface area contributed by atoms with Crippen molar-refractivity contribution in [3.63, 3.8) is 0 Å². The van der Waals surface area contributed by atoms with Crippen LogP contribution in [0.2, 0.25) is 0 Å². The molecular weight excluding hydrogens is 222 g/mol. The Morgan fingerprint density at radius 3 is 1.69 bits per heavy atom. The Labute approximate surface area is 85.6 Å². The summed E-state index contributed by atoms with van der Waals surface area (Å²) in [5.41, 5.74) is 0. The SMILES string of the molecule is O=C(O)CN(CCO)CC(=O)O.[Fe]. The summed E-state index contributed by atoms with van der Waals surface area (Å²) in [6, 6.07) is 0. The molecule has 3 N–H and O–H groups in total. The van der Waals surface area contributed by atoms with E-state index in [0.717, 1.165) is 4.90 Å². The molecule has 0 saturated carbocycles. The second kappa shape index (κ2) is 8.00. The molecule has 78 valence electrons. The Bertz CT molecular complexity index is 158. The molecule has 0 bridgehead atoms. The van der Waals surface area contributed by atoms with Gasteiger partial charge in [0.15, 0.2) is 0 Å². The van der Waals surface area contributed by atoms with Crippen LogP contribution >= 0.6 is 0 Å². The molecule has 0 heterocycles. The van der Waals surface area contributed by atoms with E-state index in [-0.39, 0.29) is 43.3 Å². The molecule has 0 aromatic heterocycles. The average Bonchev–Trinajstić information content (AvgIpc) is 1.84. The van der Waals surface area contributed by atoms with E-state index in [2.05, 4.69) is 0 Å². The van der Waals surface area contributed by atoms with Crippen LogP contribution in [0.25, 0.3) is 0 Å². The van der Waals surface area contributed by atoms with Crippen LogP contribution < -0.4 is 0 Å². The normalized spacial score (nSPS) is 9.38. The number of hydrogen-bond donors (Lipinski definition) is 3. The van der Waals surface area contributed by atoms with Gasteiger partial charge in [0.2, 0.25) is 0 Å². The number of aliphatic hydroxyl groups excluding tert-OH is 1. The smallest absolute Gasteiger partial charge is 0.317 e. The third-order valence-electron chi connectivity index (χ3n) is 1.13. The largest absolute Gasteiger partial charge is 0.480 e. The van der Waals surface area contributed by atoms with Gasteiger partial charge in [-0.25, -0.2) is 0 Å². The second-order valence-electron chi connectivity index (χ2n) is 2.22. The molecule has 0 fully saturated rings. The predicted octanol–water partition coefficient (Wildman–Crippen LogP) is -1.55. The molecule has 0 aliphatic rings.